The minimum absolute atomic E-state index is 0.00878. The van der Waals surface area contributed by atoms with Gasteiger partial charge in [0.15, 0.2) is 0 Å². The quantitative estimate of drug-likeness (QED) is 0.757. The maximum Gasteiger partial charge on any atom is 0.251 e. The fourth-order valence-electron chi connectivity index (χ4n) is 3.31. The van der Waals surface area contributed by atoms with Crippen molar-refractivity contribution in [2.75, 3.05) is 30.6 Å². The number of rotatable bonds is 7. The molecule has 146 valence electrons. The molecule has 0 unspecified atom stereocenters. The second-order valence-corrected chi connectivity index (χ2v) is 8.64. The lowest BCUT2D eigenvalue weighted by Crippen LogP contribution is -2.36. The highest BCUT2D eigenvalue weighted by atomic mass is 32.2. The summed E-state index contributed by atoms with van der Waals surface area (Å²) in [6.07, 6.45) is 5.01. The van der Waals surface area contributed by atoms with E-state index in [1.165, 1.54) is 0 Å². The van der Waals surface area contributed by atoms with Crippen LogP contribution < -0.4 is 10.0 Å². The molecule has 1 amide bonds. The minimum Gasteiger partial charge on any atom is -0.468 e. The SMILES string of the molecule is Cc1ccc(C(=O)NC[C@@H](c2ccco2)N2CCCC2)cc1NS(C)(=O)=O. The number of benzene rings is 1. The lowest BCUT2D eigenvalue weighted by molar-refractivity contribution is 0.0934. The molecule has 1 atom stereocenters. The third-order valence-electron chi connectivity index (χ3n) is 4.70. The van der Waals surface area contributed by atoms with Crippen molar-refractivity contribution >= 4 is 21.6 Å². The van der Waals surface area contributed by atoms with Crippen LogP contribution in [-0.2, 0) is 10.0 Å². The number of furan rings is 1. The van der Waals surface area contributed by atoms with Gasteiger partial charge in [-0.3, -0.25) is 14.4 Å². The second-order valence-electron chi connectivity index (χ2n) is 6.89. The van der Waals surface area contributed by atoms with Crippen LogP contribution in [0, 0.1) is 6.92 Å². The largest absolute Gasteiger partial charge is 0.468 e. The van der Waals surface area contributed by atoms with Gasteiger partial charge in [0.25, 0.3) is 5.91 Å². The van der Waals surface area contributed by atoms with Crippen LogP contribution in [0.2, 0.25) is 0 Å². The van der Waals surface area contributed by atoms with Crippen molar-refractivity contribution in [1.82, 2.24) is 10.2 Å². The van der Waals surface area contributed by atoms with Crippen molar-refractivity contribution in [1.29, 1.82) is 0 Å². The molecule has 1 aromatic carbocycles. The molecule has 1 aliphatic heterocycles. The van der Waals surface area contributed by atoms with Crippen LogP contribution in [-0.4, -0.2) is 45.1 Å². The Balaban J connectivity index is 1.71. The standard InChI is InChI=1S/C19H25N3O4S/c1-14-7-8-15(12-16(14)21-27(2,24)25)19(23)20-13-17(18-6-5-11-26-18)22-9-3-4-10-22/h5-8,11-12,17,21H,3-4,9-10,13H2,1-2H3,(H,20,23)/t17-/m0/s1. The first-order valence-electron chi connectivity index (χ1n) is 8.97. The molecule has 3 rings (SSSR count). The minimum atomic E-state index is -3.41. The molecular weight excluding hydrogens is 366 g/mol. The fraction of sp³-hybridized carbons (Fsp3) is 0.421. The molecule has 2 aromatic rings. The Morgan fingerprint density at radius 3 is 2.63 bits per heavy atom. The van der Waals surface area contributed by atoms with Gasteiger partial charge in [-0.1, -0.05) is 6.07 Å². The number of nitrogens with one attached hydrogen (secondary N) is 2. The molecule has 8 heteroatoms. The van der Waals surface area contributed by atoms with E-state index in [-0.39, 0.29) is 11.9 Å². The van der Waals surface area contributed by atoms with E-state index in [0.717, 1.165) is 43.5 Å². The van der Waals surface area contributed by atoms with Gasteiger partial charge < -0.3 is 9.73 Å². The van der Waals surface area contributed by atoms with Crippen LogP contribution in [0.25, 0.3) is 0 Å². The molecule has 27 heavy (non-hydrogen) atoms. The predicted molar refractivity (Wildman–Crippen MR) is 104 cm³/mol. The number of hydrogen-bond acceptors (Lipinski definition) is 5. The van der Waals surface area contributed by atoms with Gasteiger partial charge in [0.1, 0.15) is 5.76 Å². The first-order chi connectivity index (χ1) is 12.8. The lowest BCUT2D eigenvalue weighted by atomic mass is 10.1. The van der Waals surface area contributed by atoms with Crippen LogP contribution in [0.3, 0.4) is 0 Å². The van der Waals surface area contributed by atoms with Crippen LogP contribution in [0.5, 0.6) is 0 Å². The monoisotopic (exact) mass is 391 g/mol. The third kappa shape index (κ3) is 5.11. The zero-order chi connectivity index (χ0) is 19.4. The molecule has 0 bridgehead atoms. The number of aryl methyl sites for hydroxylation is 1. The lowest BCUT2D eigenvalue weighted by Gasteiger charge is -2.26. The van der Waals surface area contributed by atoms with Crippen molar-refractivity contribution < 1.29 is 17.6 Å². The smallest absolute Gasteiger partial charge is 0.251 e. The van der Waals surface area contributed by atoms with Gasteiger partial charge in [0.05, 0.1) is 24.2 Å². The summed E-state index contributed by atoms with van der Waals surface area (Å²) in [5.74, 6) is 0.586. The number of amides is 1. The van der Waals surface area contributed by atoms with Gasteiger partial charge in [0, 0.05) is 12.1 Å². The average Bonchev–Trinajstić information content (AvgIpc) is 3.30. The maximum atomic E-state index is 12.6. The van der Waals surface area contributed by atoms with Gasteiger partial charge in [-0.2, -0.15) is 0 Å². The Hall–Kier alpha value is -2.32. The first-order valence-corrected chi connectivity index (χ1v) is 10.9. The van der Waals surface area contributed by atoms with Gasteiger partial charge in [-0.05, 0) is 62.7 Å². The van der Waals surface area contributed by atoms with Crippen molar-refractivity contribution in [3.05, 3.63) is 53.5 Å². The average molecular weight is 391 g/mol. The Labute approximate surface area is 159 Å². The summed E-state index contributed by atoms with van der Waals surface area (Å²) >= 11 is 0. The van der Waals surface area contributed by atoms with E-state index in [0.29, 0.717) is 17.8 Å². The molecule has 0 spiro atoms. The van der Waals surface area contributed by atoms with Crippen molar-refractivity contribution in [2.24, 2.45) is 0 Å². The predicted octanol–water partition coefficient (Wildman–Crippen LogP) is 2.53. The highest BCUT2D eigenvalue weighted by Gasteiger charge is 2.26. The Morgan fingerprint density at radius 1 is 1.26 bits per heavy atom. The summed E-state index contributed by atoms with van der Waals surface area (Å²) in [4.78, 5) is 14.9. The van der Waals surface area contributed by atoms with Crippen molar-refractivity contribution in [2.45, 2.75) is 25.8 Å². The molecule has 2 heterocycles. The highest BCUT2D eigenvalue weighted by molar-refractivity contribution is 7.92. The van der Waals surface area contributed by atoms with Crippen LogP contribution in [0.15, 0.2) is 41.0 Å². The number of carbonyl (C=O) groups is 1. The summed E-state index contributed by atoms with van der Waals surface area (Å²) < 4.78 is 31.0. The normalized spacial score (nSPS) is 16.2. The van der Waals surface area contributed by atoms with Crippen LogP contribution >= 0.6 is 0 Å². The Morgan fingerprint density at radius 2 is 2.00 bits per heavy atom. The van der Waals surface area contributed by atoms with E-state index in [1.807, 2.05) is 12.1 Å². The zero-order valence-corrected chi connectivity index (χ0v) is 16.4. The molecule has 7 nitrogen and oxygen atoms in total. The summed E-state index contributed by atoms with van der Waals surface area (Å²) in [5, 5.41) is 2.96. The summed E-state index contributed by atoms with van der Waals surface area (Å²) in [7, 11) is -3.41. The molecule has 0 aliphatic carbocycles. The van der Waals surface area contributed by atoms with Gasteiger partial charge >= 0.3 is 0 Å². The Kier molecular flexibility index (Phi) is 5.86. The molecule has 2 N–H and O–H groups in total. The Bertz CT molecular complexity index is 888. The summed E-state index contributed by atoms with van der Waals surface area (Å²) in [6.45, 7) is 4.17. The number of sulfonamides is 1. The third-order valence-corrected chi connectivity index (χ3v) is 5.29. The molecule has 0 saturated carbocycles. The first kappa shape index (κ1) is 19.4. The molecular formula is C19H25N3O4S. The van der Waals surface area contributed by atoms with Crippen LogP contribution in [0.1, 0.15) is 40.6 Å². The molecule has 1 aromatic heterocycles. The van der Waals surface area contributed by atoms with E-state index >= 15 is 0 Å². The van der Waals surface area contributed by atoms with E-state index < -0.39 is 10.0 Å². The molecule has 1 fully saturated rings. The van der Waals surface area contributed by atoms with E-state index in [4.69, 9.17) is 4.42 Å². The number of carbonyl (C=O) groups excluding carboxylic acids is 1. The fourth-order valence-corrected chi connectivity index (χ4v) is 3.93. The van der Waals surface area contributed by atoms with Gasteiger partial charge in [0.2, 0.25) is 10.0 Å². The summed E-state index contributed by atoms with van der Waals surface area (Å²) in [5.41, 5.74) is 1.57. The van der Waals surface area contributed by atoms with E-state index in [2.05, 4.69) is 14.9 Å². The maximum absolute atomic E-state index is 12.6. The van der Waals surface area contributed by atoms with Crippen LogP contribution in [0.4, 0.5) is 5.69 Å². The van der Waals surface area contributed by atoms with Gasteiger partial charge in [-0.15, -0.1) is 0 Å². The number of nitrogens with zero attached hydrogens (tertiary/aromatic N) is 1. The van der Waals surface area contributed by atoms with E-state index in [1.54, 1.807) is 31.4 Å². The number of hydrogen-bond donors (Lipinski definition) is 2. The van der Waals surface area contributed by atoms with Crippen molar-refractivity contribution in [3.8, 4) is 0 Å². The topological polar surface area (TPSA) is 91.7 Å². The van der Waals surface area contributed by atoms with Crippen molar-refractivity contribution in [3.63, 3.8) is 0 Å². The molecule has 1 saturated heterocycles. The second kappa shape index (κ2) is 8.14. The molecule has 1 aliphatic rings. The highest BCUT2D eigenvalue weighted by Crippen LogP contribution is 2.25. The molecule has 0 radical (unpaired) electrons. The number of likely N-dealkylation sites (tertiary alicyclic amines) is 1. The zero-order valence-electron chi connectivity index (χ0n) is 15.6. The summed E-state index contributed by atoms with van der Waals surface area (Å²) in [6, 6.07) is 8.75. The number of anilines is 1. The van der Waals surface area contributed by atoms with E-state index in [9.17, 15) is 13.2 Å². The van der Waals surface area contributed by atoms with Gasteiger partial charge in [-0.25, -0.2) is 8.42 Å².